The molecule has 0 bridgehead atoms. The fraction of sp³-hybridized carbons (Fsp3) is 0.231. The van der Waals surface area contributed by atoms with Gasteiger partial charge in [-0.25, -0.2) is 9.97 Å². The maximum absolute atomic E-state index is 9.75. The lowest BCUT2D eigenvalue weighted by Gasteiger charge is -2.05. The number of hydrogen-bond acceptors (Lipinski definition) is 4. The second kappa shape index (κ2) is 4.82. The van der Waals surface area contributed by atoms with Gasteiger partial charge >= 0.3 is 0 Å². The molecule has 0 saturated heterocycles. The predicted octanol–water partition coefficient (Wildman–Crippen LogP) is 2.46. The Labute approximate surface area is 99.6 Å². The molecule has 0 saturated carbocycles. The molecule has 0 spiro atoms. The van der Waals surface area contributed by atoms with Crippen molar-refractivity contribution < 1.29 is 9.84 Å². The fourth-order valence-corrected chi connectivity index (χ4v) is 1.59. The molecule has 0 aliphatic rings. The van der Waals surface area contributed by atoms with Crippen molar-refractivity contribution in [2.24, 2.45) is 0 Å². The van der Waals surface area contributed by atoms with E-state index in [1.165, 1.54) is 0 Å². The number of ether oxygens (including phenoxy) is 1. The Morgan fingerprint density at radius 2 is 2.18 bits per heavy atom. The molecule has 4 heteroatoms. The van der Waals surface area contributed by atoms with E-state index in [9.17, 15) is 5.11 Å². The summed E-state index contributed by atoms with van der Waals surface area (Å²) < 4.78 is 5.09. The first-order valence-electron chi connectivity index (χ1n) is 5.39. The van der Waals surface area contributed by atoms with Gasteiger partial charge in [-0.1, -0.05) is 6.08 Å². The van der Waals surface area contributed by atoms with Gasteiger partial charge in [0.25, 0.3) is 0 Å². The first kappa shape index (κ1) is 11.4. The van der Waals surface area contributed by atoms with Crippen molar-refractivity contribution in [3.05, 3.63) is 36.5 Å². The summed E-state index contributed by atoms with van der Waals surface area (Å²) in [6.45, 7) is 3.64. The number of nitrogens with zero attached hydrogens (tertiary/aromatic N) is 2. The van der Waals surface area contributed by atoms with Gasteiger partial charge in [0, 0.05) is 6.07 Å². The van der Waals surface area contributed by atoms with Gasteiger partial charge in [-0.3, -0.25) is 0 Å². The molecule has 0 radical (unpaired) electrons. The van der Waals surface area contributed by atoms with Crippen LogP contribution in [0, 0.1) is 0 Å². The number of methoxy groups -OCH3 is 1. The average molecular weight is 230 g/mol. The summed E-state index contributed by atoms with van der Waals surface area (Å²) in [6.07, 6.45) is 3.20. The van der Waals surface area contributed by atoms with E-state index in [1.54, 1.807) is 19.3 Å². The summed E-state index contributed by atoms with van der Waals surface area (Å²) in [5, 5.41) is 9.75. The molecule has 1 aromatic heterocycles. The van der Waals surface area contributed by atoms with E-state index in [4.69, 9.17) is 4.74 Å². The van der Waals surface area contributed by atoms with E-state index >= 15 is 0 Å². The van der Waals surface area contributed by atoms with Crippen molar-refractivity contribution in [1.29, 1.82) is 0 Å². The Balaban J connectivity index is 2.46. The van der Waals surface area contributed by atoms with Crippen molar-refractivity contribution in [3.63, 3.8) is 0 Å². The number of aromatic hydroxyl groups is 1. The van der Waals surface area contributed by atoms with Crippen molar-refractivity contribution in [2.45, 2.75) is 12.8 Å². The molecule has 1 heterocycles. The van der Waals surface area contributed by atoms with Gasteiger partial charge in [-0.05, 0) is 25.0 Å². The monoisotopic (exact) mass is 230 g/mol. The molecule has 88 valence electrons. The third kappa shape index (κ3) is 2.36. The van der Waals surface area contributed by atoms with Crippen molar-refractivity contribution in [2.75, 3.05) is 7.11 Å². The lowest BCUT2D eigenvalue weighted by Crippen LogP contribution is -1.95. The zero-order chi connectivity index (χ0) is 12.3. The maximum atomic E-state index is 9.75. The number of aromatic nitrogens is 2. The van der Waals surface area contributed by atoms with Crippen LogP contribution in [0.3, 0.4) is 0 Å². The topological polar surface area (TPSA) is 55.2 Å². The van der Waals surface area contributed by atoms with Crippen LogP contribution >= 0.6 is 0 Å². The zero-order valence-electron chi connectivity index (χ0n) is 9.68. The average Bonchev–Trinajstić information content (AvgIpc) is 2.35. The smallest absolute Gasteiger partial charge is 0.233 e. The quantitative estimate of drug-likeness (QED) is 0.820. The Bertz CT molecular complexity index is 552. The van der Waals surface area contributed by atoms with Gasteiger partial charge in [0.15, 0.2) is 0 Å². The van der Waals surface area contributed by atoms with E-state index in [-0.39, 0.29) is 5.88 Å². The fourth-order valence-electron chi connectivity index (χ4n) is 1.59. The van der Waals surface area contributed by atoms with Crippen molar-refractivity contribution in [3.8, 4) is 11.6 Å². The Morgan fingerprint density at radius 3 is 2.88 bits per heavy atom. The van der Waals surface area contributed by atoms with E-state index in [0.717, 1.165) is 11.9 Å². The molecule has 0 unspecified atom stereocenters. The van der Waals surface area contributed by atoms with E-state index in [0.29, 0.717) is 23.4 Å². The number of allylic oxidation sites excluding steroid dienone is 1. The predicted molar refractivity (Wildman–Crippen MR) is 66.3 cm³/mol. The number of benzene rings is 1. The highest BCUT2D eigenvalue weighted by Crippen LogP contribution is 2.22. The van der Waals surface area contributed by atoms with Crippen LogP contribution in [-0.2, 0) is 6.42 Å². The van der Waals surface area contributed by atoms with Crippen LogP contribution in [0.25, 0.3) is 11.0 Å². The first-order chi connectivity index (χ1) is 8.24. The molecule has 0 atom stereocenters. The highest BCUT2D eigenvalue weighted by Gasteiger charge is 2.07. The van der Waals surface area contributed by atoms with Crippen molar-refractivity contribution in [1.82, 2.24) is 9.97 Å². The summed E-state index contributed by atoms with van der Waals surface area (Å²) in [4.78, 5) is 8.49. The lowest BCUT2D eigenvalue weighted by molar-refractivity contribution is 0.415. The van der Waals surface area contributed by atoms with Gasteiger partial charge in [0.05, 0.1) is 18.1 Å². The van der Waals surface area contributed by atoms with Crippen LogP contribution in [0.4, 0.5) is 0 Å². The normalized spacial score (nSPS) is 10.4. The van der Waals surface area contributed by atoms with E-state index < -0.39 is 0 Å². The molecule has 17 heavy (non-hydrogen) atoms. The molecule has 2 aromatic rings. The van der Waals surface area contributed by atoms with Gasteiger partial charge in [0.2, 0.25) is 5.88 Å². The minimum absolute atomic E-state index is 0.0207. The summed E-state index contributed by atoms with van der Waals surface area (Å²) >= 11 is 0. The summed E-state index contributed by atoms with van der Waals surface area (Å²) in [7, 11) is 1.59. The molecule has 4 nitrogen and oxygen atoms in total. The highest BCUT2D eigenvalue weighted by molar-refractivity contribution is 5.76. The Morgan fingerprint density at radius 1 is 1.35 bits per heavy atom. The molecular weight excluding hydrogens is 216 g/mol. The molecule has 0 amide bonds. The van der Waals surface area contributed by atoms with Crippen molar-refractivity contribution >= 4 is 11.0 Å². The van der Waals surface area contributed by atoms with Crippen LogP contribution in [-0.4, -0.2) is 22.2 Å². The SMILES string of the molecule is C=CCCc1nc2ccc(OC)cc2nc1O. The zero-order valence-corrected chi connectivity index (χ0v) is 9.68. The van der Waals surface area contributed by atoms with E-state index in [1.807, 2.05) is 12.1 Å². The highest BCUT2D eigenvalue weighted by atomic mass is 16.5. The van der Waals surface area contributed by atoms with Crippen LogP contribution in [0.15, 0.2) is 30.9 Å². The van der Waals surface area contributed by atoms with Crippen LogP contribution in [0.1, 0.15) is 12.1 Å². The van der Waals surface area contributed by atoms with Crippen LogP contribution in [0.2, 0.25) is 0 Å². The van der Waals surface area contributed by atoms with Crippen LogP contribution in [0.5, 0.6) is 11.6 Å². The van der Waals surface area contributed by atoms with Gasteiger partial charge in [-0.2, -0.15) is 0 Å². The minimum atomic E-state index is -0.0207. The second-order valence-electron chi connectivity index (χ2n) is 3.68. The van der Waals surface area contributed by atoms with Gasteiger partial charge in [0.1, 0.15) is 11.4 Å². The van der Waals surface area contributed by atoms with E-state index in [2.05, 4.69) is 16.5 Å². The Hall–Kier alpha value is -2.10. The van der Waals surface area contributed by atoms with Gasteiger partial charge in [-0.15, -0.1) is 6.58 Å². The Kier molecular flexibility index (Phi) is 3.23. The number of aryl methyl sites for hydroxylation is 1. The first-order valence-corrected chi connectivity index (χ1v) is 5.39. The van der Waals surface area contributed by atoms with Gasteiger partial charge < -0.3 is 9.84 Å². The third-order valence-corrected chi connectivity index (χ3v) is 2.51. The number of rotatable bonds is 4. The summed E-state index contributed by atoms with van der Waals surface area (Å²) in [5.74, 6) is 0.678. The lowest BCUT2D eigenvalue weighted by atomic mass is 10.2. The summed E-state index contributed by atoms with van der Waals surface area (Å²) in [5.41, 5.74) is 1.98. The molecule has 2 rings (SSSR count). The molecule has 1 N–H and O–H groups in total. The molecule has 0 aliphatic heterocycles. The third-order valence-electron chi connectivity index (χ3n) is 2.51. The molecule has 0 fully saturated rings. The second-order valence-corrected chi connectivity index (χ2v) is 3.68. The molecule has 1 aromatic carbocycles. The maximum Gasteiger partial charge on any atom is 0.233 e. The summed E-state index contributed by atoms with van der Waals surface area (Å²) in [6, 6.07) is 5.41. The van der Waals surface area contributed by atoms with Crippen LogP contribution < -0.4 is 4.74 Å². The number of hydrogen-bond donors (Lipinski definition) is 1. The molecular formula is C13H14N2O2. The minimum Gasteiger partial charge on any atom is -0.497 e. The molecule has 0 aliphatic carbocycles. The number of fused-ring (bicyclic) bond motifs is 1. The standard InChI is InChI=1S/C13H14N2O2/c1-3-4-5-11-13(16)15-12-8-9(17-2)6-7-10(12)14-11/h3,6-8H,1,4-5H2,2H3,(H,15,16). The largest absolute Gasteiger partial charge is 0.497 e.